The standard InChI is InChI=1S/C15H21NO/c1-11(17)14-7-2-3-8-15(14)16-9-12-5-4-6-13(12)10-16/h2-3,7-8,11-13,17H,4-6,9-10H2,1H3/t11-,12?,13?/m1/s1. The van der Waals surface area contributed by atoms with Crippen LogP contribution in [0.25, 0.3) is 0 Å². The Morgan fingerprint density at radius 2 is 1.82 bits per heavy atom. The number of hydrogen-bond donors (Lipinski definition) is 1. The predicted molar refractivity (Wildman–Crippen MR) is 70.1 cm³/mol. The summed E-state index contributed by atoms with van der Waals surface area (Å²) in [6.07, 6.45) is 3.85. The van der Waals surface area contributed by atoms with E-state index in [2.05, 4.69) is 17.0 Å². The second-order valence-corrected chi connectivity index (χ2v) is 5.59. The highest BCUT2D eigenvalue weighted by Crippen LogP contribution is 2.40. The van der Waals surface area contributed by atoms with Gasteiger partial charge in [0, 0.05) is 24.3 Å². The third-order valence-corrected chi connectivity index (χ3v) is 4.45. The van der Waals surface area contributed by atoms with Gasteiger partial charge in [0.15, 0.2) is 0 Å². The zero-order valence-electron chi connectivity index (χ0n) is 10.5. The molecule has 0 aromatic heterocycles. The molecule has 0 amide bonds. The number of benzene rings is 1. The Labute approximate surface area is 103 Å². The van der Waals surface area contributed by atoms with E-state index in [0.29, 0.717) is 0 Å². The number of nitrogens with zero attached hydrogens (tertiary/aromatic N) is 1. The number of para-hydroxylation sites is 1. The fourth-order valence-corrected chi connectivity index (χ4v) is 3.56. The Morgan fingerprint density at radius 3 is 2.47 bits per heavy atom. The number of rotatable bonds is 2. The number of aliphatic hydroxyl groups is 1. The van der Waals surface area contributed by atoms with Crippen molar-refractivity contribution in [3.05, 3.63) is 29.8 Å². The quantitative estimate of drug-likeness (QED) is 0.846. The summed E-state index contributed by atoms with van der Waals surface area (Å²) < 4.78 is 0. The summed E-state index contributed by atoms with van der Waals surface area (Å²) in [4.78, 5) is 2.48. The Hall–Kier alpha value is -1.02. The first-order valence-corrected chi connectivity index (χ1v) is 6.77. The molecule has 1 saturated heterocycles. The largest absolute Gasteiger partial charge is 0.389 e. The normalized spacial score (nSPS) is 29.4. The van der Waals surface area contributed by atoms with Gasteiger partial charge in [-0.05, 0) is 37.7 Å². The first-order chi connectivity index (χ1) is 8.25. The molecule has 3 rings (SSSR count). The molecule has 1 aliphatic heterocycles. The Balaban J connectivity index is 1.85. The van der Waals surface area contributed by atoms with Gasteiger partial charge in [0.2, 0.25) is 0 Å². The van der Waals surface area contributed by atoms with Crippen LogP contribution in [0.2, 0.25) is 0 Å². The molecule has 2 fully saturated rings. The van der Waals surface area contributed by atoms with Crippen LogP contribution in [0.1, 0.15) is 37.9 Å². The summed E-state index contributed by atoms with van der Waals surface area (Å²) in [5.41, 5.74) is 2.32. The summed E-state index contributed by atoms with van der Waals surface area (Å²) in [5, 5.41) is 9.84. The van der Waals surface area contributed by atoms with Gasteiger partial charge in [0.1, 0.15) is 0 Å². The van der Waals surface area contributed by atoms with Gasteiger partial charge in [0.05, 0.1) is 6.10 Å². The molecule has 92 valence electrons. The van der Waals surface area contributed by atoms with Crippen molar-refractivity contribution in [3.8, 4) is 0 Å². The van der Waals surface area contributed by atoms with Gasteiger partial charge in [-0.25, -0.2) is 0 Å². The first-order valence-electron chi connectivity index (χ1n) is 6.77. The topological polar surface area (TPSA) is 23.5 Å². The van der Waals surface area contributed by atoms with Crippen LogP contribution in [0.5, 0.6) is 0 Å². The maximum absolute atomic E-state index is 9.84. The van der Waals surface area contributed by atoms with Gasteiger partial charge in [-0.15, -0.1) is 0 Å². The molecule has 2 heteroatoms. The number of fused-ring (bicyclic) bond motifs is 1. The van der Waals surface area contributed by atoms with Crippen LogP contribution >= 0.6 is 0 Å². The Bertz CT molecular complexity index is 390. The second-order valence-electron chi connectivity index (χ2n) is 5.59. The fraction of sp³-hybridized carbons (Fsp3) is 0.600. The smallest absolute Gasteiger partial charge is 0.0781 e. The molecule has 0 bridgehead atoms. The van der Waals surface area contributed by atoms with E-state index in [-0.39, 0.29) is 6.10 Å². The minimum atomic E-state index is -0.369. The van der Waals surface area contributed by atoms with Crippen LogP contribution < -0.4 is 4.90 Å². The zero-order valence-corrected chi connectivity index (χ0v) is 10.5. The summed E-state index contributed by atoms with van der Waals surface area (Å²) in [7, 11) is 0. The van der Waals surface area contributed by atoms with E-state index in [4.69, 9.17) is 0 Å². The van der Waals surface area contributed by atoms with Crippen molar-refractivity contribution >= 4 is 5.69 Å². The fourth-order valence-electron chi connectivity index (χ4n) is 3.56. The van der Waals surface area contributed by atoms with Crippen molar-refractivity contribution in [1.29, 1.82) is 0 Å². The first kappa shape index (κ1) is 11.1. The molecule has 1 saturated carbocycles. The number of anilines is 1. The highest BCUT2D eigenvalue weighted by Gasteiger charge is 2.36. The van der Waals surface area contributed by atoms with E-state index in [1.165, 1.54) is 38.0 Å². The van der Waals surface area contributed by atoms with Crippen LogP contribution in [-0.2, 0) is 0 Å². The number of aliphatic hydroxyl groups excluding tert-OH is 1. The van der Waals surface area contributed by atoms with Gasteiger partial charge < -0.3 is 10.0 Å². The van der Waals surface area contributed by atoms with E-state index in [1.54, 1.807) is 0 Å². The Kier molecular flexibility index (Phi) is 2.83. The lowest BCUT2D eigenvalue weighted by molar-refractivity contribution is 0.199. The maximum Gasteiger partial charge on any atom is 0.0781 e. The summed E-state index contributed by atoms with van der Waals surface area (Å²) >= 11 is 0. The molecule has 0 spiro atoms. The van der Waals surface area contributed by atoms with E-state index in [0.717, 1.165) is 17.4 Å². The zero-order chi connectivity index (χ0) is 11.8. The van der Waals surface area contributed by atoms with Crippen LogP contribution in [-0.4, -0.2) is 18.2 Å². The molecule has 17 heavy (non-hydrogen) atoms. The molecule has 2 nitrogen and oxygen atoms in total. The van der Waals surface area contributed by atoms with Crippen LogP contribution in [0.3, 0.4) is 0 Å². The summed E-state index contributed by atoms with van der Waals surface area (Å²) in [6, 6.07) is 8.30. The van der Waals surface area contributed by atoms with Crippen LogP contribution in [0.4, 0.5) is 5.69 Å². The second kappa shape index (κ2) is 4.34. The minimum Gasteiger partial charge on any atom is -0.389 e. The van der Waals surface area contributed by atoms with E-state index < -0.39 is 0 Å². The lowest BCUT2D eigenvalue weighted by Crippen LogP contribution is -2.22. The summed E-state index contributed by atoms with van der Waals surface area (Å²) in [5.74, 6) is 1.80. The van der Waals surface area contributed by atoms with E-state index in [1.807, 2.05) is 19.1 Å². The molecular formula is C15H21NO. The molecule has 1 aliphatic carbocycles. The van der Waals surface area contributed by atoms with Crippen molar-refractivity contribution in [1.82, 2.24) is 0 Å². The molecule has 2 unspecified atom stereocenters. The third-order valence-electron chi connectivity index (χ3n) is 4.45. The highest BCUT2D eigenvalue weighted by molar-refractivity contribution is 5.55. The lowest BCUT2D eigenvalue weighted by atomic mass is 10.0. The molecular weight excluding hydrogens is 210 g/mol. The maximum atomic E-state index is 9.84. The van der Waals surface area contributed by atoms with E-state index in [9.17, 15) is 5.11 Å². The van der Waals surface area contributed by atoms with Gasteiger partial charge in [-0.2, -0.15) is 0 Å². The average molecular weight is 231 g/mol. The predicted octanol–water partition coefficient (Wildman–Crippen LogP) is 2.98. The van der Waals surface area contributed by atoms with Crippen molar-refractivity contribution in [3.63, 3.8) is 0 Å². The van der Waals surface area contributed by atoms with Crippen molar-refractivity contribution < 1.29 is 5.11 Å². The van der Waals surface area contributed by atoms with Crippen molar-refractivity contribution in [2.24, 2.45) is 11.8 Å². The molecule has 1 aromatic carbocycles. The molecule has 1 heterocycles. The van der Waals surface area contributed by atoms with Gasteiger partial charge in [-0.1, -0.05) is 24.6 Å². The van der Waals surface area contributed by atoms with Gasteiger partial charge in [-0.3, -0.25) is 0 Å². The molecule has 0 radical (unpaired) electrons. The minimum absolute atomic E-state index is 0.369. The van der Waals surface area contributed by atoms with Crippen LogP contribution in [0, 0.1) is 11.8 Å². The van der Waals surface area contributed by atoms with E-state index >= 15 is 0 Å². The van der Waals surface area contributed by atoms with Crippen molar-refractivity contribution in [2.45, 2.75) is 32.3 Å². The van der Waals surface area contributed by atoms with Gasteiger partial charge in [0.25, 0.3) is 0 Å². The average Bonchev–Trinajstić information content (AvgIpc) is 2.88. The Morgan fingerprint density at radius 1 is 1.18 bits per heavy atom. The molecule has 2 aliphatic rings. The third kappa shape index (κ3) is 1.95. The monoisotopic (exact) mass is 231 g/mol. The number of hydrogen-bond acceptors (Lipinski definition) is 2. The van der Waals surface area contributed by atoms with Crippen molar-refractivity contribution in [2.75, 3.05) is 18.0 Å². The highest BCUT2D eigenvalue weighted by atomic mass is 16.3. The molecule has 3 atom stereocenters. The van der Waals surface area contributed by atoms with Gasteiger partial charge >= 0.3 is 0 Å². The molecule has 1 N–H and O–H groups in total. The SMILES string of the molecule is C[C@@H](O)c1ccccc1N1CC2CCCC2C1. The van der Waals surface area contributed by atoms with Crippen LogP contribution in [0.15, 0.2) is 24.3 Å². The molecule has 1 aromatic rings. The summed E-state index contributed by atoms with van der Waals surface area (Å²) in [6.45, 7) is 4.23. The lowest BCUT2D eigenvalue weighted by Gasteiger charge is -2.24.